The van der Waals surface area contributed by atoms with Crippen molar-refractivity contribution in [2.24, 2.45) is 0 Å². The van der Waals surface area contributed by atoms with Crippen LogP contribution in [0.4, 0.5) is 0 Å². The fourth-order valence-corrected chi connectivity index (χ4v) is 4.06. The number of aliphatic hydroxyl groups is 12. The number of hydrogen-bond acceptors (Lipinski definition) is 14. The Bertz CT molecular complexity index is 681. The molecule has 0 rings (SSSR count). The molecule has 0 aromatic heterocycles. The van der Waals surface area contributed by atoms with Crippen molar-refractivity contribution in [2.45, 2.75) is 158 Å². The fourth-order valence-electron chi connectivity index (χ4n) is 4.06. The predicted octanol–water partition coefficient (Wildman–Crippen LogP) is -1.38. The van der Waals surface area contributed by atoms with E-state index in [4.69, 9.17) is 25.5 Å². The molecule has 0 amide bonds. The molecule has 0 aliphatic carbocycles. The minimum absolute atomic E-state index is 0.332. The van der Waals surface area contributed by atoms with Crippen LogP contribution in [0.3, 0.4) is 0 Å². The van der Waals surface area contributed by atoms with Crippen molar-refractivity contribution in [3.05, 3.63) is 12.2 Å². The number of unbranched alkanes of at least 4 members (excludes halogenated alkanes) is 11. The molecule has 0 aromatic rings. The van der Waals surface area contributed by atoms with E-state index in [2.05, 4.69) is 23.8 Å². The molecule has 13 N–H and O–H groups in total. The Morgan fingerprint density at radius 2 is 0.889 bits per heavy atom. The first-order valence-corrected chi connectivity index (χ1v) is 15.8. The summed E-state index contributed by atoms with van der Waals surface area (Å²) >= 11 is 0. The topological polar surface area (TPSA) is 289 Å². The Morgan fingerprint density at radius 1 is 0.533 bits per heavy atom. The first-order chi connectivity index (χ1) is 21.3. The van der Waals surface area contributed by atoms with Gasteiger partial charge in [0.15, 0.2) is 12.6 Å². The highest BCUT2D eigenvalue weighted by Gasteiger charge is 2.39. The molecule has 0 radical (unpaired) electrons. The van der Waals surface area contributed by atoms with Crippen molar-refractivity contribution in [1.29, 1.82) is 0 Å². The van der Waals surface area contributed by atoms with Crippen molar-refractivity contribution in [3.63, 3.8) is 0 Å². The standard InChI is InChI=1S/C18H34O2.C12H26O13/c1-2-3-4-5-6-7-8-9-10-11-12-13-14-15-16-17-18(19)20;13-1-3(15)5(17)7(19)9(21)11(23)25-12(24)10(22)8(20)6(18)4(16)2-14/h9-10H,2-8,11-17H2,1H3,(H,19,20);3-24H,1-2H2/b10-9-;/t;3-,4-,5-,6-,7+,8+,9-,10-,11?,12?/m.1/s1. The molecule has 0 aliphatic heterocycles. The largest absolute Gasteiger partial charge is 0.481 e. The third-order valence-electron chi connectivity index (χ3n) is 7.08. The zero-order valence-electron chi connectivity index (χ0n) is 26.4. The maximum absolute atomic E-state index is 10.3. The highest BCUT2D eigenvalue weighted by Crippen LogP contribution is 2.15. The second-order valence-electron chi connectivity index (χ2n) is 11.1. The number of hydrogen-bond donors (Lipinski definition) is 13. The maximum atomic E-state index is 10.3. The van der Waals surface area contributed by atoms with Crippen LogP contribution >= 0.6 is 0 Å². The average Bonchev–Trinajstić information content (AvgIpc) is 3.03. The van der Waals surface area contributed by atoms with Gasteiger partial charge in [0.2, 0.25) is 0 Å². The van der Waals surface area contributed by atoms with Crippen LogP contribution in [0.2, 0.25) is 0 Å². The monoisotopic (exact) mass is 660 g/mol. The molecule has 10 atom stereocenters. The van der Waals surface area contributed by atoms with Gasteiger partial charge in [0.25, 0.3) is 0 Å². The molecule has 0 aliphatic rings. The van der Waals surface area contributed by atoms with Crippen LogP contribution in [-0.2, 0) is 9.53 Å². The van der Waals surface area contributed by atoms with Crippen molar-refractivity contribution < 1.29 is 75.9 Å². The summed E-state index contributed by atoms with van der Waals surface area (Å²) < 4.78 is 4.32. The van der Waals surface area contributed by atoms with Gasteiger partial charge in [-0.05, 0) is 32.1 Å². The van der Waals surface area contributed by atoms with Gasteiger partial charge in [-0.1, -0.05) is 70.4 Å². The zero-order valence-corrected chi connectivity index (χ0v) is 26.4. The number of carboxylic acids is 1. The Balaban J connectivity index is 0. The van der Waals surface area contributed by atoms with Crippen LogP contribution in [0.1, 0.15) is 96.8 Å². The van der Waals surface area contributed by atoms with Gasteiger partial charge in [0.05, 0.1) is 13.2 Å². The second-order valence-corrected chi connectivity index (χ2v) is 11.1. The maximum Gasteiger partial charge on any atom is 0.303 e. The molecule has 15 heteroatoms. The van der Waals surface area contributed by atoms with Crippen LogP contribution < -0.4 is 0 Å². The minimum Gasteiger partial charge on any atom is -0.481 e. The number of aliphatic hydroxyl groups excluding tert-OH is 12. The molecule has 15 nitrogen and oxygen atoms in total. The van der Waals surface area contributed by atoms with Gasteiger partial charge in [-0.3, -0.25) is 4.79 Å². The normalized spacial score (nSPS) is 18.6. The lowest BCUT2D eigenvalue weighted by Gasteiger charge is -2.32. The van der Waals surface area contributed by atoms with Crippen molar-refractivity contribution in [3.8, 4) is 0 Å². The van der Waals surface area contributed by atoms with Crippen LogP contribution in [-0.4, -0.2) is 147 Å². The Labute approximate surface area is 265 Å². The number of rotatable bonds is 27. The fraction of sp³-hybridized carbons (Fsp3) is 0.900. The lowest BCUT2D eigenvalue weighted by Crippen LogP contribution is -2.54. The number of carbonyl (C=O) groups is 1. The van der Waals surface area contributed by atoms with E-state index in [0.29, 0.717) is 6.42 Å². The lowest BCUT2D eigenvalue weighted by molar-refractivity contribution is -0.295. The second kappa shape index (κ2) is 28.9. The van der Waals surface area contributed by atoms with Crippen molar-refractivity contribution >= 4 is 5.97 Å². The number of ether oxygens (including phenoxy) is 1. The van der Waals surface area contributed by atoms with Gasteiger partial charge in [-0.15, -0.1) is 0 Å². The number of carboxylic acid groups (broad SMARTS) is 1. The number of aliphatic carboxylic acids is 1. The Morgan fingerprint density at radius 3 is 1.24 bits per heavy atom. The third kappa shape index (κ3) is 22.8. The van der Waals surface area contributed by atoms with E-state index in [-0.39, 0.29) is 0 Å². The quantitative estimate of drug-likeness (QED) is 0.0274. The van der Waals surface area contributed by atoms with E-state index in [9.17, 15) is 45.6 Å². The predicted molar refractivity (Wildman–Crippen MR) is 162 cm³/mol. The zero-order chi connectivity index (χ0) is 34.8. The molecule has 45 heavy (non-hydrogen) atoms. The molecule has 0 bridgehead atoms. The summed E-state index contributed by atoms with van der Waals surface area (Å²) in [5.41, 5.74) is 0. The van der Waals surface area contributed by atoms with Gasteiger partial charge < -0.3 is 71.1 Å². The third-order valence-corrected chi connectivity index (χ3v) is 7.08. The first kappa shape index (κ1) is 45.8. The Hall–Kier alpha value is -1.31. The van der Waals surface area contributed by atoms with E-state index < -0.39 is 80.6 Å². The van der Waals surface area contributed by atoms with Crippen LogP contribution in [0.15, 0.2) is 12.2 Å². The van der Waals surface area contributed by atoms with Gasteiger partial charge in [0, 0.05) is 6.42 Å². The smallest absolute Gasteiger partial charge is 0.303 e. The summed E-state index contributed by atoms with van der Waals surface area (Å²) in [7, 11) is 0. The van der Waals surface area contributed by atoms with E-state index in [1.807, 2.05) is 0 Å². The van der Waals surface area contributed by atoms with E-state index in [1.165, 1.54) is 70.6 Å². The SMILES string of the molecule is CCCCCCCC/C=C\CCCCCCCC(=O)O.OC[C@@H](O)[C@@H](O)[C@H](O)[C@@H](O)C(O)OC(O)[C@H](O)[C@@H](O)[C@H](O)[C@H](O)CO. The summed E-state index contributed by atoms with van der Waals surface area (Å²) in [5, 5.41) is 120. The minimum atomic E-state index is -2.44. The molecule has 0 heterocycles. The summed E-state index contributed by atoms with van der Waals surface area (Å²) in [5.74, 6) is -0.664. The van der Waals surface area contributed by atoms with Crippen LogP contribution in [0, 0.1) is 0 Å². The molecule has 270 valence electrons. The lowest BCUT2D eigenvalue weighted by atomic mass is 10.0. The van der Waals surface area contributed by atoms with Gasteiger partial charge >= 0.3 is 5.97 Å². The summed E-state index contributed by atoms with van der Waals surface area (Å²) in [6.07, 6.45) is -0.621. The first-order valence-electron chi connectivity index (χ1n) is 15.8. The van der Waals surface area contributed by atoms with Crippen LogP contribution in [0.5, 0.6) is 0 Å². The van der Waals surface area contributed by atoms with Gasteiger partial charge in [-0.2, -0.15) is 0 Å². The summed E-state index contributed by atoms with van der Waals surface area (Å²) in [6, 6.07) is 0. The molecular weight excluding hydrogens is 600 g/mol. The van der Waals surface area contributed by atoms with E-state index in [0.717, 1.165) is 12.8 Å². The molecule has 0 aromatic carbocycles. The highest BCUT2D eigenvalue weighted by atomic mass is 16.7. The van der Waals surface area contributed by atoms with Crippen molar-refractivity contribution in [1.82, 2.24) is 0 Å². The van der Waals surface area contributed by atoms with E-state index in [1.54, 1.807) is 0 Å². The molecule has 0 saturated carbocycles. The molecular formula is C30H60O15. The highest BCUT2D eigenvalue weighted by molar-refractivity contribution is 5.66. The number of allylic oxidation sites excluding steroid dienone is 2. The van der Waals surface area contributed by atoms with E-state index >= 15 is 0 Å². The van der Waals surface area contributed by atoms with Crippen molar-refractivity contribution in [2.75, 3.05) is 13.2 Å². The Kier molecular flexibility index (Phi) is 29.4. The molecule has 0 fully saturated rings. The summed E-state index contributed by atoms with van der Waals surface area (Å²) in [4.78, 5) is 10.3. The average molecular weight is 661 g/mol. The molecule has 0 spiro atoms. The van der Waals surface area contributed by atoms with Crippen LogP contribution in [0.25, 0.3) is 0 Å². The van der Waals surface area contributed by atoms with Gasteiger partial charge in [0.1, 0.15) is 48.8 Å². The van der Waals surface area contributed by atoms with Gasteiger partial charge in [-0.25, -0.2) is 0 Å². The molecule has 0 saturated heterocycles. The molecule has 2 unspecified atom stereocenters. The summed E-state index contributed by atoms with van der Waals surface area (Å²) in [6.45, 7) is 0.315.